The fourth-order valence-electron chi connectivity index (χ4n) is 2.00. The molecule has 20 heavy (non-hydrogen) atoms. The van der Waals surface area contributed by atoms with Crippen molar-refractivity contribution in [2.45, 2.75) is 6.04 Å². The Morgan fingerprint density at radius 3 is 2.95 bits per heavy atom. The number of hydrogen-bond acceptors (Lipinski definition) is 3. The third kappa shape index (κ3) is 3.01. The van der Waals surface area contributed by atoms with Crippen molar-refractivity contribution in [2.24, 2.45) is 0 Å². The molecule has 0 aliphatic carbocycles. The molecule has 0 saturated heterocycles. The first kappa shape index (κ1) is 13.7. The van der Waals surface area contributed by atoms with Crippen LogP contribution in [0, 0.1) is 12.3 Å². The predicted molar refractivity (Wildman–Crippen MR) is 71.3 cm³/mol. The van der Waals surface area contributed by atoms with Gasteiger partial charge in [0.05, 0.1) is 12.6 Å². The summed E-state index contributed by atoms with van der Waals surface area (Å²) < 4.78 is 5.44. The summed E-state index contributed by atoms with van der Waals surface area (Å²) in [6.45, 7) is -0.180. The SMILES string of the molecule is C#CCN(CC(=O)O)C(=O)NC1COc2ccccc21. The fourth-order valence-corrected chi connectivity index (χ4v) is 2.00. The van der Waals surface area contributed by atoms with Crippen molar-refractivity contribution >= 4 is 12.0 Å². The Morgan fingerprint density at radius 2 is 2.25 bits per heavy atom. The van der Waals surface area contributed by atoms with E-state index in [9.17, 15) is 9.59 Å². The first-order chi connectivity index (χ1) is 9.61. The van der Waals surface area contributed by atoms with Gasteiger partial charge < -0.3 is 20.1 Å². The molecule has 1 heterocycles. The minimum absolute atomic E-state index is 0.0621. The highest BCUT2D eigenvalue weighted by molar-refractivity contribution is 5.80. The molecule has 0 fully saturated rings. The van der Waals surface area contributed by atoms with Crippen molar-refractivity contribution < 1.29 is 19.4 Å². The minimum atomic E-state index is -1.11. The van der Waals surface area contributed by atoms with E-state index in [1.165, 1.54) is 0 Å². The average molecular weight is 274 g/mol. The number of urea groups is 1. The lowest BCUT2D eigenvalue weighted by atomic mass is 10.1. The van der Waals surface area contributed by atoms with Crippen LogP contribution in [-0.2, 0) is 4.79 Å². The second-order valence-electron chi connectivity index (χ2n) is 4.30. The molecule has 0 saturated carbocycles. The number of fused-ring (bicyclic) bond motifs is 1. The Labute approximate surface area is 116 Å². The maximum Gasteiger partial charge on any atom is 0.323 e. The van der Waals surface area contributed by atoms with Gasteiger partial charge >= 0.3 is 12.0 Å². The molecule has 6 nitrogen and oxygen atoms in total. The number of terminal acetylenes is 1. The van der Waals surface area contributed by atoms with Crippen LogP contribution in [0.2, 0.25) is 0 Å². The number of hydrogen-bond donors (Lipinski definition) is 2. The second kappa shape index (κ2) is 5.97. The summed E-state index contributed by atoms with van der Waals surface area (Å²) in [6.07, 6.45) is 5.14. The molecule has 2 N–H and O–H groups in total. The summed E-state index contributed by atoms with van der Waals surface area (Å²) in [4.78, 5) is 23.8. The molecule has 1 aromatic carbocycles. The first-order valence-electron chi connectivity index (χ1n) is 6.04. The number of rotatable bonds is 4. The van der Waals surface area contributed by atoms with Gasteiger partial charge in [-0.05, 0) is 6.07 Å². The third-order valence-electron chi connectivity index (χ3n) is 2.89. The number of carboxylic acid groups (broad SMARTS) is 1. The van der Waals surface area contributed by atoms with Crippen LogP contribution in [0.5, 0.6) is 5.75 Å². The summed E-state index contributed by atoms with van der Waals surface area (Å²) in [5.41, 5.74) is 0.872. The lowest BCUT2D eigenvalue weighted by Crippen LogP contribution is -2.44. The minimum Gasteiger partial charge on any atom is -0.491 e. The Bertz CT molecular complexity index is 565. The number of ether oxygens (including phenoxy) is 1. The van der Waals surface area contributed by atoms with E-state index in [2.05, 4.69) is 11.2 Å². The molecule has 2 rings (SSSR count). The van der Waals surface area contributed by atoms with Gasteiger partial charge in [0.1, 0.15) is 18.9 Å². The molecule has 104 valence electrons. The molecule has 0 spiro atoms. The Kier molecular flexibility index (Phi) is 4.11. The monoisotopic (exact) mass is 274 g/mol. The topological polar surface area (TPSA) is 78.9 Å². The van der Waals surface area contributed by atoms with Gasteiger partial charge in [-0.3, -0.25) is 4.79 Å². The molecule has 1 aliphatic heterocycles. The van der Waals surface area contributed by atoms with Crippen molar-refractivity contribution in [1.29, 1.82) is 0 Å². The zero-order chi connectivity index (χ0) is 14.5. The quantitative estimate of drug-likeness (QED) is 0.798. The van der Waals surface area contributed by atoms with Crippen LogP contribution in [0.25, 0.3) is 0 Å². The highest BCUT2D eigenvalue weighted by Crippen LogP contribution is 2.31. The van der Waals surface area contributed by atoms with E-state index in [1.54, 1.807) is 0 Å². The van der Waals surface area contributed by atoms with Gasteiger partial charge in [-0.25, -0.2) is 4.79 Å². The maximum absolute atomic E-state index is 12.0. The van der Waals surface area contributed by atoms with Crippen LogP contribution in [0.1, 0.15) is 11.6 Å². The fraction of sp³-hybridized carbons (Fsp3) is 0.286. The van der Waals surface area contributed by atoms with Crippen molar-refractivity contribution in [3.05, 3.63) is 29.8 Å². The number of para-hydroxylation sites is 1. The zero-order valence-electron chi connectivity index (χ0n) is 10.7. The molecule has 0 bridgehead atoms. The summed E-state index contributed by atoms with van der Waals surface area (Å²) >= 11 is 0. The van der Waals surface area contributed by atoms with Gasteiger partial charge in [-0.2, -0.15) is 0 Å². The summed E-state index contributed by atoms with van der Waals surface area (Å²) in [6, 6.07) is 6.55. The number of nitrogens with zero attached hydrogens (tertiary/aromatic N) is 1. The van der Waals surface area contributed by atoms with Gasteiger partial charge in [0, 0.05) is 5.56 Å². The standard InChI is InChI=1S/C14H14N2O4/c1-2-7-16(8-13(17)18)14(19)15-11-9-20-12-6-4-3-5-10(11)12/h1,3-6,11H,7-9H2,(H,15,19)(H,17,18). The number of aliphatic carboxylic acids is 1. The van der Waals surface area contributed by atoms with Crippen LogP contribution >= 0.6 is 0 Å². The van der Waals surface area contributed by atoms with E-state index in [0.29, 0.717) is 6.61 Å². The maximum atomic E-state index is 12.0. The molecule has 0 radical (unpaired) electrons. The summed E-state index contributed by atoms with van der Waals surface area (Å²) in [5, 5.41) is 11.5. The lowest BCUT2D eigenvalue weighted by Gasteiger charge is -2.21. The Hall–Kier alpha value is -2.68. The van der Waals surface area contributed by atoms with Gasteiger partial charge in [0.15, 0.2) is 0 Å². The highest BCUT2D eigenvalue weighted by atomic mass is 16.5. The molecule has 1 aromatic rings. The number of carbonyl (C=O) groups is 2. The number of benzene rings is 1. The molecule has 2 amide bonds. The number of nitrogens with one attached hydrogen (secondary N) is 1. The van der Waals surface area contributed by atoms with Crippen LogP contribution in [0.4, 0.5) is 4.79 Å². The zero-order valence-corrected chi connectivity index (χ0v) is 10.7. The molecule has 1 aliphatic rings. The van der Waals surface area contributed by atoms with Gasteiger partial charge in [0.25, 0.3) is 0 Å². The first-order valence-corrected chi connectivity index (χ1v) is 6.04. The average Bonchev–Trinajstić information content (AvgIpc) is 2.81. The van der Waals surface area contributed by atoms with Gasteiger partial charge in [-0.1, -0.05) is 24.1 Å². The predicted octanol–water partition coefficient (Wildman–Crippen LogP) is 0.849. The van der Waals surface area contributed by atoms with E-state index in [1.807, 2.05) is 24.3 Å². The molecular formula is C14H14N2O4. The van der Waals surface area contributed by atoms with E-state index in [4.69, 9.17) is 16.3 Å². The van der Waals surface area contributed by atoms with E-state index in [0.717, 1.165) is 16.2 Å². The number of carbonyl (C=O) groups excluding carboxylic acids is 1. The van der Waals surface area contributed by atoms with Crippen molar-refractivity contribution in [1.82, 2.24) is 10.2 Å². The largest absolute Gasteiger partial charge is 0.491 e. The lowest BCUT2D eigenvalue weighted by molar-refractivity contribution is -0.137. The third-order valence-corrected chi connectivity index (χ3v) is 2.89. The van der Waals surface area contributed by atoms with Crippen LogP contribution < -0.4 is 10.1 Å². The molecule has 1 unspecified atom stereocenters. The molecular weight excluding hydrogens is 260 g/mol. The number of amides is 2. The normalized spacial score (nSPS) is 15.7. The van der Waals surface area contributed by atoms with E-state index >= 15 is 0 Å². The van der Waals surface area contributed by atoms with Crippen LogP contribution in [-0.4, -0.2) is 41.7 Å². The van der Waals surface area contributed by atoms with E-state index < -0.39 is 18.5 Å². The Balaban J connectivity index is 2.04. The van der Waals surface area contributed by atoms with Crippen LogP contribution in [0.3, 0.4) is 0 Å². The summed E-state index contributed by atoms with van der Waals surface area (Å²) in [7, 11) is 0. The second-order valence-corrected chi connectivity index (χ2v) is 4.30. The molecule has 0 aromatic heterocycles. The Morgan fingerprint density at radius 1 is 1.50 bits per heavy atom. The van der Waals surface area contributed by atoms with Crippen LogP contribution in [0.15, 0.2) is 24.3 Å². The van der Waals surface area contributed by atoms with Crippen molar-refractivity contribution in [3.63, 3.8) is 0 Å². The molecule has 6 heteroatoms. The summed E-state index contributed by atoms with van der Waals surface area (Å²) in [5.74, 6) is 1.88. The molecule has 1 atom stereocenters. The van der Waals surface area contributed by atoms with Gasteiger partial charge in [-0.15, -0.1) is 6.42 Å². The van der Waals surface area contributed by atoms with E-state index in [-0.39, 0.29) is 12.6 Å². The highest BCUT2D eigenvalue weighted by Gasteiger charge is 2.27. The smallest absolute Gasteiger partial charge is 0.323 e. The van der Waals surface area contributed by atoms with Crippen molar-refractivity contribution in [3.8, 4) is 18.1 Å². The van der Waals surface area contributed by atoms with Gasteiger partial charge in [0.2, 0.25) is 0 Å². The number of carboxylic acids is 1. The van der Waals surface area contributed by atoms with Crippen molar-refractivity contribution in [2.75, 3.05) is 19.7 Å².